The third-order valence-electron chi connectivity index (χ3n) is 5.83. The minimum atomic E-state index is -0.801. The zero-order valence-corrected chi connectivity index (χ0v) is 18.5. The smallest absolute Gasteiger partial charge is 0.191 e. The first-order valence-corrected chi connectivity index (χ1v) is 10.0. The van der Waals surface area contributed by atoms with Gasteiger partial charge in [0.25, 0.3) is 0 Å². The highest BCUT2D eigenvalue weighted by Gasteiger charge is 2.41. The molecule has 0 saturated carbocycles. The van der Waals surface area contributed by atoms with E-state index in [0.29, 0.717) is 24.2 Å². The Bertz CT molecular complexity index is 705. The van der Waals surface area contributed by atoms with Crippen LogP contribution in [-0.2, 0) is 4.74 Å². The summed E-state index contributed by atoms with van der Waals surface area (Å²) in [6.45, 7) is 5.26. The van der Waals surface area contributed by atoms with Gasteiger partial charge in [-0.3, -0.25) is 4.99 Å². The van der Waals surface area contributed by atoms with Crippen LogP contribution in [0.5, 0.6) is 0 Å². The number of hydrogen-bond acceptors (Lipinski definition) is 3. The van der Waals surface area contributed by atoms with Gasteiger partial charge in [-0.2, -0.15) is 0 Å². The molecular formula is C20H29F2IN4O. The van der Waals surface area contributed by atoms with Gasteiger partial charge in [0.2, 0.25) is 0 Å². The van der Waals surface area contributed by atoms with Crippen LogP contribution in [0.15, 0.2) is 23.2 Å². The van der Waals surface area contributed by atoms with Gasteiger partial charge in [-0.1, -0.05) is 0 Å². The average molecular weight is 506 g/mol. The van der Waals surface area contributed by atoms with Gasteiger partial charge >= 0.3 is 0 Å². The SMILES string of the molecule is CCNC(=NCC1CCN(c2ccc(F)c(F)c2)C1)NC1CC2CCC1O2.I. The van der Waals surface area contributed by atoms with Crippen molar-refractivity contribution >= 4 is 35.6 Å². The molecule has 4 unspecified atom stereocenters. The topological polar surface area (TPSA) is 48.9 Å². The summed E-state index contributed by atoms with van der Waals surface area (Å²) < 4.78 is 32.5. The third kappa shape index (κ3) is 4.87. The van der Waals surface area contributed by atoms with Crippen molar-refractivity contribution < 1.29 is 13.5 Å². The standard InChI is InChI=1S/C20H28F2N4O.HI/c1-2-23-20(25-18-10-15-4-6-19(18)27-15)24-11-13-7-8-26(12-13)14-3-5-16(21)17(22)9-14;/h3,5,9,13,15,18-19H,2,4,6-8,10-12H2,1H3,(H2,23,24,25);1H. The number of rotatable bonds is 5. The fraction of sp³-hybridized carbons (Fsp3) is 0.650. The van der Waals surface area contributed by atoms with Gasteiger partial charge in [-0.05, 0) is 50.7 Å². The van der Waals surface area contributed by atoms with Crippen LogP contribution in [0, 0.1) is 17.6 Å². The van der Waals surface area contributed by atoms with Gasteiger partial charge in [0.1, 0.15) is 0 Å². The number of aliphatic imine (C=N–C) groups is 1. The number of ether oxygens (including phenoxy) is 1. The number of hydrogen-bond donors (Lipinski definition) is 2. The predicted octanol–water partition coefficient (Wildman–Crippen LogP) is 3.28. The van der Waals surface area contributed by atoms with Crippen molar-refractivity contribution in [3.05, 3.63) is 29.8 Å². The molecule has 0 amide bonds. The predicted molar refractivity (Wildman–Crippen MR) is 118 cm³/mol. The van der Waals surface area contributed by atoms with E-state index in [1.165, 1.54) is 18.6 Å². The van der Waals surface area contributed by atoms with Crippen LogP contribution in [0.3, 0.4) is 0 Å². The summed E-state index contributed by atoms with van der Waals surface area (Å²) >= 11 is 0. The van der Waals surface area contributed by atoms with E-state index in [9.17, 15) is 8.78 Å². The fourth-order valence-electron chi connectivity index (χ4n) is 4.40. The Morgan fingerprint density at radius 2 is 2.11 bits per heavy atom. The minimum absolute atomic E-state index is 0. The number of nitrogens with one attached hydrogen (secondary N) is 2. The second kappa shape index (κ2) is 9.56. The quantitative estimate of drug-likeness (QED) is 0.366. The van der Waals surface area contributed by atoms with Gasteiger partial charge in [0.15, 0.2) is 17.6 Å². The summed E-state index contributed by atoms with van der Waals surface area (Å²) in [5.41, 5.74) is 0.740. The molecule has 28 heavy (non-hydrogen) atoms. The molecule has 156 valence electrons. The zero-order chi connectivity index (χ0) is 18.8. The maximum atomic E-state index is 13.5. The molecule has 2 bridgehead atoms. The lowest BCUT2D eigenvalue weighted by Gasteiger charge is -2.23. The minimum Gasteiger partial charge on any atom is -0.373 e. The molecule has 3 aliphatic rings. The molecule has 0 aromatic heterocycles. The first kappa shape index (κ1) is 21.5. The number of guanidine groups is 1. The number of anilines is 1. The van der Waals surface area contributed by atoms with Crippen molar-refractivity contribution in [2.24, 2.45) is 10.9 Å². The second-order valence-corrected chi connectivity index (χ2v) is 7.78. The molecule has 1 aromatic carbocycles. The first-order chi connectivity index (χ1) is 13.1. The van der Waals surface area contributed by atoms with E-state index in [4.69, 9.17) is 9.73 Å². The molecule has 3 fully saturated rings. The van der Waals surface area contributed by atoms with E-state index < -0.39 is 11.6 Å². The lowest BCUT2D eigenvalue weighted by atomic mass is 9.96. The largest absolute Gasteiger partial charge is 0.373 e. The van der Waals surface area contributed by atoms with Gasteiger partial charge in [0.05, 0.1) is 18.2 Å². The summed E-state index contributed by atoms with van der Waals surface area (Å²) in [5.74, 6) is -0.333. The van der Waals surface area contributed by atoms with Crippen LogP contribution in [0.2, 0.25) is 0 Å². The molecule has 3 aliphatic heterocycles. The van der Waals surface area contributed by atoms with Crippen molar-refractivity contribution in [3.63, 3.8) is 0 Å². The lowest BCUT2D eigenvalue weighted by Crippen LogP contribution is -2.47. The molecule has 0 spiro atoms. The van der Waals surface area contributed by atoms with E-state index in [0.717, 1.165) is 57.1 Å². The highest BCUT2D eigenvalue weighted by molar-refractivity contribution is 14.0. The van der Waals surface area contributed by atoms with Crippen molar-refractivity contribution in [2.75, 3.05) is 31.1 Å². The molecule has 3 saturated heterocycles. The molecule has 5 nitrogen and oxygen atoms in total. The lowest BCUT2D eigenvalue weighted by molar-refractivity contribution is 0.0992. The molecular weight excluding hydrogens is 477 g/mol. The molecule has 0 radical (unpaired) electrons. The van der Waals surface area contributed by atoms with Crippen LogP contribution < -0.4 is 15.5 Å². The Morgan fingerprint density at radius 1 is 1.25 bits per heavy atom. The number of benzene rings is 1. The molecule has 3 heterocycles. The molecule has 4 atom stereocenters. The number of fused-ring (bicyclic) bond motifs is 2. The molecule has 1 aromatic rings. The number of halogens is 3. The normalized spacial score (nSPS) is 29.1. The molecule has 2 N–H and O–H groups in total. The summed E-state index contributed by atoms with van der Waals surface area (Å²) in [6.07, 6.45) is 5.09. The van der Waals surface area contributed by atoms with Crippen molar-refractivity contribution in [1.29, 1.82) is 0 Å². The number of nitrogens with zero attached hydrogens (tertiary/aromatic N) is 2. The van der Waals surface area contributed by atoms with Crippen LogP contribution in [-0.4, -0.2) is 50.4 Å². The van der Waals surface area contributed by atoms with Crippen LogP contribution in [0.4, 0.5) is 14.5 Å². The Balaban J connectivity index is 0.00000225. The molecule has 8 heteroatoms. The highest BCUT2D eigenvalue weighted by atomic mass is 127. The Labute approximate surface area is 182 Å². The monoisotopic (exact) mass is 506 g/mol. The highest BCUT2D eigenvalue weighted by Crippen LogP contribution is 2.34. The van der Waals surface area contributed by atoms with Gasteiger partial charge < -0.3 is 20.3 Å². The Hall–Kier alpha value is -1.16. The zero-order valence-electron chi connectivity index (χ0n) is 16.2. The summed E-state index contributed by atoms with van der Waals surface area (Å²) in [5, 5.41) is 6.87. The third-order valence-corrected chi connectivity index (χ3v) is 5.83. The van der Waals surface area contributed by atoms with E-state index >= 15 is 0 Å². The maximum Gasteiger partial charge on any atom is 0.191 e. The van der Waals surface area contributed by atoms with Gasteiger partial charge in [-0.25, -0.2) is 8.78 Å². The van der Waals surface area contributed by atoms with E-state index in [1.807, 2.05) is 0 Å². The van der Waals surface area contributed by atoms with E-state index in [2.05, 4.69) is 22.5 Å². The summed E-state index contributed by atoms with van der Waals surface area (Å²) in [7, 11) is 0. The average Bonchev–Trinajstić information content (AvgIpc) is 3.39. The van der Waals surface area contributed by atoms with Crippen LogP contribution in [0.1, 0.15) is 32.6 Å². The maximum absolute atomic E-state index is 13.5. The van der Waals surface area contributed by atoms with Crippen LogP contribution >= 0.6 is 24.0 Å². The molecule has 4 rings (SSSR count). The van der Waals surface area contributed by atoms with Gasteiger partial charge in [-0.15, -0.1) is 24.0 Å². The van der Waals surface area contributed by atoms with Crippen LogP contribution in [0.25, 0.3) is 0 Å². The summed E-state index contributed by atoms with van der Waals surface area (Å²) in [6, 6.07) is 4.47. The summed E-state index contributed by atoms with van der Waals surface area (Å²) in [4.78, 5) is 6.88. The van der Waals surface area contributed by atoms with E-state index in [-0.39, 0.29) is 24.0 Å². The fourth-order valence-corrected chi connectivity index (χ4v) is 4.40. The van der Waals surface area contributed by atoms with E-state index in [1.54, 1.807) is 6.07 Å². The Morgan fingerprint density at radius 3 is 2.79 bits per heavy atom. The second-order valence-electron chi connectivity index (χ2n) is 7.78. The Kier molecular flexibility index (Phi) is 7.36. The van der Waals surface area contributed by atoms with Crippen molar-refractivity contribution in [3.8, 4) is 0 Å². The van der Waals surface area contributed by atoms with Crippen molar-refractivity contribution in [2.45, 2.75) is 50.9 Å². The van der Waals surface area contributed by atoms with Crippen molar-refractivity contribution in [1.82, 2.24) is 10.6 Å². The van der Waals surface area contributed by atoms with Gasteiger partial charge in [0, 0.05) is 37.9 Å². The molecule has 0 aliphatic carbocycles. The first-order valence-electron chi connectivity index (χ1n) is 10.0.